The number of hydrogen-bond acceptors (Lipinski definition) is 8. The number of aliphatic hydroxyl groups is 1. The number of benzene rings is 1. The quantitative estimate of drug-likeness (QED) is 0.680. The lowest BCUT2D eigenvalue weighted by molar-refractivity contribution is 0.0000181. The third-order valence-electron chi connectivity index (χ3n) is 5.57. The molecule has 0 aromatic heterocycles. The molecule has 0 saturated carbocycles. The van der Waals surface area contributed by atoms with Gasteiger partial charge in [0.25, 0.3) is 0 Å². The van der Waals surface area contributed by atoms with Crippen LogP contribution in [0.4, 0.5) is 11.4 Å². The highest BCUT2D eigenvalue weighted by Gasteiger charge is 2.33. The van der Waals surface area contributed by atoms with Gasteiger partial charge >= 0.3 is 5.97 Å². The first-order valence-electron chi connectivity index (χ1n) is 10.3. The maximum absolute atomic E-state index is 13.0. The largest absolute Gasteiger partial charge is 0.459 e. The molecule has 1 atom stereocenters. The Morgan fingerprint density at radius 3 is 2.31 bits per heavy atom. The smallest absolute Gasteiger partial charge is 0.338 e. The highest BCUT2D eigenvalue weighted by atomic mass is 16.5. The molecule has 0 fully saturated rings. The van der Waals surface area contributed by atoms with E-state index >= 15 is 0 Å². The second-order valence-corrected chi connectivity index (χ2v) is 7.98. The van der Waals surface area contributed by atoms with E-state index in [1.165, 1.54) is 12.7 Å². The first kappa shape index (κ1) is 21.8. The third-order valence-corrected chi connectivity index (χ3v) is 5.57. The number of aliphatic hydroxyl groups excluding tert-OH is 1. The summed E-state index contributed by atoms with van der Waals surface area (Å²) in [5.74, 6) is -0.388. The lowest BCUT2D eigenvalue weighted by atomic mass is 9.93. The van der Waals surface area contributed by atoms with Gasteiger partial charge in [0.15, 0.2) is 0 Å². The van der Waals surface area contributed by atoms with Crippen molar-refractivity contribution >= 4 is 17.3 Å². The number of methoxy groups -OCH3 is 1. The van der Waals surface area contributed by atoms with Gasteiger partial charge in [-0.15, -0.1) is 0 Å². The Morgan fingerprint density at radius 2 is 1.69 bits per heavy atom. The minimum Gasteiger partial charge on any atom is -0.459 e. The molecular weight excluding hydrogens is 372 g/mol. The highest BCUT2D eigenvalue weighted by Crippen LogP contribution is 2.42. The van der Waals surface area contributed by atoms with Crippen LogP contribution in [0.2, 0.25) is 0 Å². The Kier molecular flexibility index (Phi) is 7.00. The van der Waals surface area contributed by atoms with Gasteiger partial charge in [0.2, 0.25) is 0 Å². The summed E-state index contributed by atoms with van der Waals surface area (Å²) in [5, 5.41) is 9.87. The predicted octanol–water partition coefficient (Wildman–Crippen LogP) is 1.31. The molecule has 0 saturated heterocycles. The monoisotopic (exact) mass is 406 g/mol. The standard InChI is InChI=1S/C21H34N4O4/c1-6-24-13-23(4)10-18-19(24)8-16(21(27)29-12-15(26)11-28-5)17-9-22(3)14-25(7-2)20(17)18/h8,15,26H,6-7,9-14H2,1-5H3. The van der Waals surface area contributed by atoms with Crippen LogP contribution < -0.4 is 9.80 Å². The van der Waals surface area contributed by atoms with Gasteiger partial charge in [0, 0.05) is 55.8 Å². The number of anilines is 2. The average molecular weight is 407 g/mol. The molecule has 8 nitrogen and oxygen atoms in total. The molecule has 1 aromatic carbocycles. The summed E-state index contributed by atoms with van der Waals surface area (Å²) in [4.78, 5) is 22.2. The molecule has 0 amide bonds. The number of ether oxygens (including phenoxy) is 2. The number of esters is 1. The molecule has 2 heterocycles. The number of carbonyl (C=O) groups is 1. The van der Waals surface area contributed by atoms with Gasteiger partial charge in [-0.3, -0.25) is 9.80 Å². The summed E-state index contributed by atoms with van der Waals surface area (Å²) in [6.07, 6.45) is -0.826. The predicted molar refractivity (Wildman–Crippen MR) is 113 cm³/mol. The van der Waals surface area contributed by atoms with Gasteiger partial charge in [-0.05, 0) is 34.0 Å². The molecule has 0 bridgehead atoms. The van der Waals surface area contributed by atoms with Crippen LogP contribution in [0.5, 0.6) is 0 Å². The van der Waals surface area contributed by atoms with Crippen molar-refractivity contribution in [1.29, 1.82) is 0 Å². The second kappa shape index (κ2) is 9.30. The van der Waals surface area contributed by atoms with Crippen molar-refractivity contribution in [3.05, 3.63) is 22.8 Å². The van der Waals surface area contributed by atoms with Crippen LogP contribution in [-0.2, 0) is 22.6 Å². The first-order chi connectivity index (χ1) is 13.9. The summed E-state index contributed by atoms with van der Waals surface area (Å²) < 4.78 is 10.4. The van der Waals surface area contributed by atoms with E-state index in [9.17, 15) is 9.90 Å². The van der Waals surface area contributed by atoms with Crippen molar-refractivity contribution in [2.24, 2.45) is 0 Å². The minimum atomic E-state index is -0.826. The summed E-state index contributed by atoms with van der Waals surface area (Å²) in [7, 11) is 5.70. The molecule has 29 heavy (non-hydrogen) atoms. The zero-order chi connectivity index (χ0) is 21.1. The molecule has 2 aliphatic heterocycles. The number of fused-ring (bicyclic) bond motifs is 3. The van der Waals surface area contributed by atoms with Crippen LogP contribution in [0.25, 0.3) is 0 Å². The number of nitrogens with zero attached hydrogens (tertiary/aromatic N) is 4. The van der Waals surface area contributed by atoms with E-state index in [4.69, 9.17) is 9.47 Å². The van der Waals surface area contributed by atoms with Crippen molar-refractivity contribution in [1.82, 2.24) is 9.80 Å². The molecule has 0 aliphatic carbocycles. The summed E-state index contributed by atoms with van der Waals surface area (Å²) in [5.41, 5.74) is 5.16. The van der Waals surface area contributed by atoms with Crippen LogP contribution in [0.1, 0.15) is 35.3 Å². The fourth-order valence-electron chi connectivity index (χ4n) is 4.29. The number of carbonyl (C=O) groups excluding carboxylic acids is 1. The maximum Gasteiger partial charge on any atom is 0.338 e. The Bertz CT molecular complexity index is 742. The maximum atomic E-state index is 13.0. The van der Waals surface area contributed by atoms with Crippen LogP contribution in [-0.4, -0.2) is 87.8 Å². The lowest BCUT2D eigenvalue weighted by Crippen LogP contribution is -2.45. The zero-order valence-corrected chi connectivity index (χ0v) is 18.3. The molecule has 2 aliphatic rings. The van der Waals surface area contributed by atoms with Crippen LogP contribution in [0.15, 0.2) is 6.07 Å². The van der Waals surface area contributed by atoms with E-state index in [1.807, 2.05) is 6.07 Å². The van der Waals surface area contributed by atoms with Crippen molar-refractivity contribution in [2.75, 3.05) is 70.6 Å². The Balaban J connectivity index is 2.05. The molecular formula is C21H34N4O4. The fraction of sp³-hybridized carbons (Fsp3) is 0.667. The fourth-order valence-corrected chi connectivity index (χ4v) is 4.29. The minimum absolute atomic E-state index is 0.0773. The first-order valence-corrected chi connectivity index (χ1v) is 10.3. The van der Waals surface area contributed by atoms with Crippen molar-refractivity contribution in [2.45, 2.75) is 33.0 Å². The normalized spacial score (nSPS) is 18.4. The van der Waals surface area contributed by atoms with Gasteiger partial charge in [-0.1, -0.05) is 0 Å². The van der Waals surface area contributed by atoms with E-state index in [0.717, 1.165) is 49.9 Å². The van der Waals surface area contributed by atoms with Crippen LogP contribution in [0, 0.1) is 0 Å². The molecule has 0 radical (unpaired) electrons. The van der Waals surface area contributed by atoms with E-state index < -0.39 is 6.10 Å². The Hall–Kier alpha value is -1.87. The molecule has 1 aromatic rings. The van der Waals surface area contributed by atoms with Crippen molar-refractivity contribution < 1.29 is 19.4 Å². The van der Waals surface area contributed by atoms with Gasteiger partial charge < -0.3 is 24.4 Å². The van der Waals surface area contributed by atoms with Crippen LogP contribution in [0.3, 0.4) is 0 Å². The lowest BCUT2D eigenvalue weighted by Gasteiger charge is -2.43. The summed E-state index contributed by atoms with van der Waals surface area (Å²) in [6.45, 7) is 9.28. The van der Waals surface area contributed by atoms with Crippen molar-refractivity contribution in [3.63, 3.8) is 0 Å². The summed E-state index contributed by atoms with van der Waals surface area (Å²) >= 11 is 0. The van der Waals surface area contributed by atoms with Gasteiger partial charge in [0.1, 0.15) is 12.7 Å². The van der Waals surface area contributed by atoms with E-state index in [2.05, 4.69) is 47.5 Å². The SMILES string of the molecule is CCN1CN(C)Cc2c1cc(C(=O)OCC(O)COC)c1c2N(CC)CN(C)C1. The topological polar surface area (TPSA) is 68.7 Å². The highest BCUT2D eigenvalue weighted by molar-refractivity contribution is 5.96. The van der Waals surface area contributed by atoms with E-state index in [1.54, 1.807) is 0 Å². The number of rotatable bonds is 7. The van der Waals surface area contributed by atoms with E-state index in [0.29, 0.717) is 12.1 Å². The van der Waals surface area contributed by atoms with Crippen molar-refractivity contribution in [3.8, 4) is 0 Å². The van der Waals surface area contributed by atoms with Gasteiger partial charge in [-0.25, -0.2) is 4.79 Å². The molecule has 3 rings (SSSR count). The summed E-state index contributed by atoms with van der Waals surface area (Å²) in [6, 6.07) is 1.99. The molecule has 1 unspecified atom stereocenters. The molecule has 8 heteroatoms. The number of hydrogen-bond donors (Lipinski definition) is 1. The third kappa shape index (κ3) is 4.50. The van der Waals surface area contributed by atoms with E-state index in [-0.39, 0.29) is 19.2 Å². The average Bonchev–Trinajstić information content (AvgIpc) is 2.70. The zero-order valence-electron chi connectivity index (χ0n) is 18.3. The van der Waals surface area contributed by atoms with Gasteiger partial charge in [0.05, 0.1) is 25.5 Å². The Morgan fingerprint density at radius 1 is 1.07 bits per heavy atom. The molecule has 0 spiro atoms. The molecule has 162 valence electrons. The van der Waals surface area contributed by atoms with Crippen LogP contribution >= 0.6 is 0 Å². The second-order valence-electron chi connectivity index (χ2n) is 7.98. The molecule has 1 N–H and O–H groups in total. The Labute approximate surface area is 173 Å². The van der Waals surface area contributed by atoms with Gasteiger partial charge in [-0.2, -0.15) is 0 Å².